The minimum absolute atomic E-state index is 0. The number of carbonyl (C=O) groups excluding carboxylic acids is 2. The summed E-state index contributed by atoms with van der Waals surface area (Å²) in [5, 5.41) is 23.0. The Hall–Kier alpha value is -3.54. The maximum Gasteiger partial charge on any atom is 0.407 e. The van der Waals surface area contributed by atoms with Gasteiger partial charge >= 0.3 is 6.09 Å². The van der Waals surface area contributed by atoms with E-state index in [9.17, 15) is 9.59 Å². The topological polar surface area (TPSA) is 153 Å². The molecule has 5 N–H and O–H groups in total. The van der Waals surface area contributed by atoms with Crippen LogP contribution in [0, 0.1) is 0 Å². The van der Waals surface area contributed by atoms with Gasteiger partial charge in [0.05, 0.1) is 24.4 Å². The summed E-state index contributed by atoms with van der Waals surface area (Å²) < 4.78 is 13.0. The molecule has 0 bridgehead atoms. The van der Waals surface area contributed by atoms with Crippen LogP contribution in [0.2, 0.25) is 0 Å². The number of aliphatic hydroxyl groups excluding tert-OH is 1. The van der Waals surface area contributed by atoms with Crippen LogP contribution in [0.5, 0.6) is 0 Å². The van der Waals surface area contributed by atoms with E-state index in [4.69, 9.17) is 20.3 Å². The molecule has 0 aliphatic rings. The van der Waals surface area contributed by atoms with Gasteiger partial charge in [0, 0.05) is 13.2 Å². The van der Waals surface area contributed by atoms with Gasteiger partial charge in [0.15, 0.2) is 11.5 Å². The smallest absolute Gasteiger partial charge is 0.407 e. The standard InChI is InChI=1S/C25H34N6O5.CH4/c1-25(2,26)23(33)28-20(17-35-15-18-9-4-3-5-10-18)22-30-29-21-12-8-11-19(31(21)22)16-36-24(34)27-13-6-7-14-32;/h3-5,8-12,20,32H,6-7,13-17,26H2,1-2H3,(H,27,34)(H,28,33);1H4/t20-;/m1./s1. The molecule has 37 heavy (non-hydrogen) atoms. The Kier molecular flexibility index (Phi) is 11.4. The van der Waals surface area contributed by atoms with E-state index in [-0.39, 0.29) is 33.2 Å². The lowest BCUT2D eigenvalue weighted by Crippen LogP contribution is -2.51. The zero-order chi connectivity index (χ0) is 26.0. The van der Waals surface area contributed by atoms with Gasteiger partial charge in [0.1, 0.15) is 12.6 Å². The molecule has 0 saturated heterocycles. The van der Waals surface area contributed by atoms with Crippen LogP contribution in [0.1, 0.15) is 57.2 Å². The van der Waals surface area contributed by atoms with Crippen LogP contribution in [0.4, 0.5) is 4.79 Å². The summed E-state index contributed by atoms with van der Waals surface area (Å²) in [7, 11) is 0. The van der Waals surface area contributed by atoms with Crippen LogP contribution in [-0.2, 0) is 27.5 Å². The minimum Gasteiger partial charge on any atom is -0.443 e. The summed E-state index contributed by atoms with van der Waals surface area (Å²) in [4.78, 5) is 24.8. The molecule has 2 amide bonds. The molecule has 0 fully saturated rings. The molecular weight excluding hydrogens is 476 g/mol. The van der Waals surface area contributed by atoms with E-state index < -0.39 is 17.7 Å². The highest BCUT2D eigenvalue weighted by atomic mass is 16.5. The Morgan fingerprint density at radius 3 is 2.54 bits per heavy atom. The van der Waals surface area contributed by atoms with Crippen LogP contribution < -0.4 is 16.4 Å². The van der Waals surface area contributed by atoms with E-state index in [0.29, 0.717) is 43.2 Å². The number of nitrogens with one attached hydrogen (secondary N) is 2. The van der Waals surface area contributed by atoms with E-state index in [1.807, 2.05) is 30.3 Å². The van der Waals surface area contributed by atoms with Crippen molar-refractivity contribution in [2.75, 3.05) is 19.8 Å². The lowest BCUT2D eigenvalue weighted by molar-refractivity contribution is -0.126. The van der Waals surface area contributed by atoms with Crippen molar-refractivity contribution in [1.82, 2.24) is 25.2 Å². The third-order valence-corrected chi connectivity index (χ3v) is 5.34. The van der Waals surface area contributed by atoms with Gasteiger partial charge < -0.3 is 30.9 Å². The van der Waals surface area contributed by atoms with Crippen molar-refractivity contribution in [3.05, 3.63) is 65.6 Å². The Balaban J connectivity index is 0.00000481. The van der Waals surface area contributed by atoms with Gasteiger partial charge in [-0.05, 0) is 44.4 Å². The Bertz CT molecular complexity index is 1130. The van der Waals surface area contributed by atoms with Crippen molar-refractivity contribution in [2.24, 2.45) is 5.73 Å². The normalized spacial score (nSPS) is 12.0. The molecule has 1 atom stereocenters. The molecule has 11 nitrogen and oxygen atoms in total. The van der Waals surface area contributed by atoms with E-state index in [1.165, 1.54) is 0 Å². The summed E-state index contributed by atoms with van der Waals surface area (Å²) in [5.74, 6) is 0.0572. The van der Waals surface area contributed by atoms with Crippen LogP contribution in [0.3, 0.4) is 0 Å². The van der Waals surface area contributed by atoms with Crippen molar-refractivity contribution in [3.8, 4) is 0 Å². The summed E-state index contributed by atoms with van der Waals surface area (Å²) in [6.07, 6.45) is 0.682. The highest BCUT2D eigenvalue weighted by Crippen LogP contribution is 2.18. The molecule has 202 valence electrons. The first-order valence-electron chi connectivity index (χ1n) is 11.9. The maximum atomic E-state index is 12.7. The first-order valence-corrected chi connectivity index (χ1v) is 11.9. The van der Waals surface area contributed by atoms with Gasteiger partial charge in [-0.2, -0.15) is 0 Å². The van der Waals surface area contributed by atoms with E-state index >= 15 is 0 Å². The molecule has 0 aliphatic carbocycles. The number of pyridine rings is 1. The molecule has 0 aliphatic heterocycles. The third kappa shape index (κ3) is 8.81. The lowest BCUT2D eigenvalue weighted by atomic mass is 10.1. The van der Waals surface area contributed by atoms with Gasteiger partial charge in [-0.15, -0.1) is 10.2 Å². The minimum atomic E-state index is -1.11. The number of aromatic nitrogens is 3. The average molecular weight is 515 g/mol. The largest absolute Gasteiger partial charge is 0.443 e. The van der Waals surface area contributed by atoms with Crippen LogP contribution in [0.15, 0.2) is 48.5 Å². The fourth-order valence-electron chi connectivity index (χ4n) is 3.38. The van der Waals surface area contributed by atoms with Gasteiger partial charge in [0.2, 0.25) is 5.91 Å². The van der Waals surface area contributed by atoms with Crippen LogP contribution >= 0.6 is 0 Å². The van der Waals surface area contributed by atoms with Gasteiger partial charge in [0.25, 0.3) is 0 Å². The van der Waals surface area contributed by atoms with E-state index in [0.717, 1.165) is 5.56 Å². The number of hydrogen-bond acceptors (Lipinski definition) is 8. The number of carbonyl (C=O) groups is 2. The maximum absolute atomic E-state index is 12.7. The molecule has 2 aromatic heterocycles. The first kappa shape index (κ1) is 29.7. The Morgan fingerprint density at radius 2 is 1.84 bits per heavy atom. The van der Waals surface area contributed by atoms with E-state index in [1.54, 1.807) is 36.4 Å². The number of nitrogens with zero attached hydrogens (tertiary/aromatic N) is 3. The average Bonchev–Trinajstić information content (AvgIpc) is 3.29. The highest BCUT2D eigenvalue weighted by Gasteiger charge is 2.28. The molecule has 1 aromatic carbocycles. The Labute approximate surface area is 217 Å². The zero-order valence-corrected chi connectivity index (χ0v) is 20.6. The van der Waals surface area contributed by atoms with Crippen molar-refractivity contribution in [2.45, 2.75) is 58.9 Å². The highest BCUT2D eigenvalue weighted by molar-refractivity contribution is 5.85. The van der Waals surface area contributed by atoms with E-state index in [2.05, 4.69) is 20.8 Å². The summed E-state index contributed by atoms with van der Waals surface area (Å²) in [6.45, 7) is 4.14. The predicted molar refractivity (Wildman–Crippen MR) is 139 cm³/mol. The monoisotopic (exact) mass is 514 g/mol. The first-order chi connectivity index (χ1) is 17.3. The lowest BCUT2D eigenvalue weighted by Gasteiger charge is -2.24. The second-order valence-corrected chi connectivity index (χ2v) is 8.95. The van der Waals surface area contributed by atoms with Crippen molar-refractivity contribution < 1.29 is 24.2 Å². The Morgan fingerprint density at radius 1 is 1.08 bits per heavy atom. The molecule has 0 saturated carbocycles. The quantitative estimate of drug-likeness (QED) is 0.254. The number of aliphatic hydroxyl groups is 1. The molecule has 0 spiro atoms. The van der Waals surface area contributed by atoms with Gasteiger partial charge in [-0.1, -0.05) is 43.8 Å². The number of alkyl carbamates (subject to hydrolysis) is 1. The zero-order valence-electron chi connectivity index (χ0n) is 20.6. The number of nitrogens with two attached hydrogens (primary N) is 1. The number of fused-ring (bicyclic) bond motifs is 1. The number of hydrogen-bond donors (Lipinski definition) is 4. The number of amides is 2. The molecule has 3 rings (SSSR count). The molecule has 0 unspecified atom stereocenters. The third-order valence-electron chi connectivity index (χ3n) is 5.34. The van der Waals surface area contributed by atoms with Crippen LogP contribution in [-0.4, -0.2) is 57.0 Å². The molecule has 2 heterocycles. The van der Waals surface area contributed by atoms with Crippen molar-refractivity contribution >= 4 is 17.6 Å². The van der Waals surface area contributed by atoms with Crippen LogP contribution in [0.25, 0.3) is 5.65 Å². The SMILES string of the molecule is C.CC(C)(N)C(=O)N[C@H](COCc1ccccc1)c1nnc2cccc(COC(=O)NCCCCO)n12. The number of ether oxygens (including phenoxy) is 2. The van der Waals surface area contributed by atoms with Gasteiger partial charge in [-0.3, -0.25) is 9.20 Å². The second-order valence-electron chi connectivity index (χ2n) is 8.95. The number of rotatable bonds is 13. The second kappa shape index (κ2) is 14.3. The molecule has 3 aromatic rings. The van der Waals surface area contributed by atoms with Gasteiger partial charge in [-0.25, -0.2) is 4.79 Å². The summed E-state index contributed by atoms with van der Waals surface area (Å²) >= 11 is 0. The number of benzene rings is 1. The summed E-state index contributed by atoms with van der Waals surface area (Å²) in [5.41, 5.74) is 7.04. The fraction of sp³-hybridized carbons (Fsp3) is 0.462. The fourth-order valence-corrected chi connectivity index (χ4v) is 3.38. The number of unbranched alkanes of at least 4 members (excludes halogenated alkanes) is 1. The molecular formula is C26H38N6O5. The van der Waals surface area contributed by atoms with Crippen molar-refractivity contribution in [1.29, 1.82) is 0 Å². The molecule has 0 radical (unpaired) electrons. The molecule has 11 heteroatoms. The summed E-state index contributed by atoms with van der Waals surface area (Å²) in [6, 6.07) is 14.4. The predicted octanol–water partition coefficient (Wildman–Crippen LogP) is 2.48. The van der Waals surface area contributed by atoms with Crippen molar-refractivity contribution in [3.63, 3.8) is 0 Å².